The van der Waals surface area contributed by atoms with Gasteiger partial charge in [0, 0.05) is 42.5 Å². The van der Waals surface area contributed by atoms with Crippen molar-refractivity contribution < 1.29 is 9.90 Å². The molecular weight excluding hydrogens is 342 g/mol. The van der Waals surface area contributed by atoms with E-state index in [9.17, 15) is 4.79 Å². The van der Waals surface area contributed by atoms with Crippen molar-refractivity contribution >= 4 is 49.3 Å². The van der Waals surface area contributed by atoms with Crippen LogP contribution in [0.2, 0.25) is 0 Å². The fraction of sp³-hybridized carbons (Fsp3) is 0.385. The predicted molar refractivity (Wildman–Crippen MR) is 83.7 cm³/mol. The minimum absolute atomic E-state index is 0.526. The minimum Gasteiger partial charge on any atom is -0.465 e. The lowest BCUT2D eigenvalue weighted by molar-refractivity contribution is 0.148. The third-order valence-electron chi connectivity index (χ3n) is 3.46. The first-order valence-corrected chi connectivity index (χ1v) is 8.03. The molecule has 2 aromatic rings. The van der Waals surface area contributed by atoms with Gasteiger partial charge in [-0.3, -0.25) is 0 Å². The van der Waals surface area contributed by atoms with Gasteiger partial charge in [-0.05, 0) is 34.5 Å². The maximum Gasteiger partial charge on any atom is 0.407 e. The van der Waals surface area contributed by atoms with Gasteiger partial charge in [0.1, 0.15) is 5.82 Å². The fourth-order valence-corrected chi connectivity index (χ4v) is 4.02. The third kappa shape index (κ3) is 2.60. The Labute approximate surface area is 128 Å². The van der Waals surface area contributed by atoms with Gasteiger partial charge in [-0.25, -0.2) is 9.78 Å². The number of amides is 1. The molecule has 106 valence electrons. The number of carboxylic acid groups (broad SMARTS) is 1. The van der Waals surface area contributed by atoms with Crippen LogP contribution in [-0.4, -0.2) is 47.3 Å². The number of halogens is 1. The maximum atomic E-state index is 11.1. The highest BCUT2D eigenvalue weighted by molar-refractivity contribution is 9.11. The van der Waals surface area contributed by atoms with Gasteiger partial charge in [0.05, 0.1) is 3.79 Å². The number of hydrogen-bond donors (Lipinski definition) is 1. The second-order valence-electron chi connectivity index (χ2n) is 4.71. The second kappa shape index (κ2) is 5.57. The summed E-state index contributed by atoms with van der Waals surface area (Å²) in [6.07, 6.45) is 1.81. The number of fused-ring (bicyclic) bond motifs is 1. The van der Waals surface area contributed by atoms with Crippen LogP contribution >= 0.6 is 27.3 Å². The lowest BCUT2D eigenvalue weighted by Crippen LogP contribution is -2.34. The third-order valence-corrected chi connectivity index (χ3v) is 5.06. The van der Waals surface area contributed by atoms with Crippen molar-refractivity contribution in [2.75, 3.05) is 31.1 Å². The Kier molecular flexibility index (Phi) is 3.80. The second-order valence-corrected chi connectivity index (χ2v) is 7.17. The van der Waals surface area contributed by atoms with E-state index in [1.807, 2.05) is 12.3 Å². The van der Waals surface area contributed by atoms with Crippen LogP contribution < -0.4 is 4.90 Å². The molecule has 1 aliphatic heterocycles. The summed E-state index contributed by atoms with van der Waals surface area (Å²) in [5, 5.41) is 10.2. The monoisotopic (exact) mass is 355 g/mol. The summed E-state index contributed by atoms with van der Waals surface area (Å²) >= 11 is 5.20. The molecule has 1 N–H and O–H groups in total. The number of pyridine rings is 1. The molecule has 0 aliphatic carbocycles. The largest absolute Gasteiger partial charge is 0.465 e. The number of aromatic nitrogens is 1. The van der Waals surface area contributed by atoms with E-state index in [-0.39, 0.29) is 0 Å². The molecule has 1 fully saturated rings. The molecule has 1 aliphatic rings. The molecule has 0 bridgehead atoms. The van der Waals surface area contributed by atoms with E-state index in [0.29, 0.717) is 19.6 Å². The van der Waals surface area contributed by atoms with Crippen LogP contribution in [0.1, 0.15) is 6.42 Å². The standard InChI is InChI=1S/C13H14BrN3O2S/c14-11-8-9-10(20-11)2-3-15-12(9)16-4-1-5-17(7-6-16)13(18)19/h2-3,8H,1,4-7H2,(H,18,19). The summed E-state index contributed by atoms with van der Waals surface area (Å²) in [6.45, 7) is 2.64. The van der Waals surface area contributed by atoms with Crippen molar-refractivity contribution in [1.29, 1.82) is 0 Å². The van der Waals surface area contributed by atoms with Crippen LogP contribution in [0, 0.1) is 0 Å². The molecule has 0 unspecified atom stereocenters. The molecule has 2 aromatic heterocycles. The van der Waals surface area contributed by atoms with Crippen LogP contribution in [-0.2, 0) is 0 Å². The molecule has 0 aromatic carbocycles. The van der Waals surface area contributed by atoms with E-state index >= 15 is 0 Å². The normalized spacial score (nSPS) is 16.4. The summed E-state index contributed by atoms with van der Waals surface area (Å²) in [4.78, 5) is 19.2. The average molecular weight is 356 g/mol. The zero-order valence-corrected chi connectivity index (χ0v) is 13.2. The zero-order chi connectivity index (χ0) is 14.1. The van der Waals surface area contributed by atoms with E-state index < -0.39 is 6.09 Å². The molecule has 1 amide bonds. The topological polar surface area (TPSA) is 56.7 Å². The van der Waals surface area contributed by atoms with Gasteiger partial charge in [0.2, 0.25) is 0 Å². The van der Waals surface area contributed by atoms with Gasteiger partial charge in [0.25, 0.3) is 0 Å². The van der Waals surface area contributed by atoms with Crippen LogP contribution in [0.5, 0.6) is 0 Å². The minimum atomic E-state index is -0.837. The average Bonchev–Trinajstić information content (AvgIpc) is 2.64. The summed E-state index contributed by atoms with van der Waals surface area (Å²) in [5.74, 6) is 0.955. The van der Waals surface area contributed by atoms with Crippen LogP contribution in [0.25, 0.3) is 10.1 Å². The SMILES string of the molecule is O=C(O)N1CCCN(c2nccc3sc(Br)cc23)CC1. The van der Waals surface area contributed by atoms with Crippen LogP contribution in [0.3, 0.4) is 0 Å². The van der Waals surface area contributed by atoms with Gasteiger partial charge >= 0.3 is 6.09 Å². The van der Waals surface area contributed by atoms with Crippen molar-refractivity contribution in [3.63, 3.8) is 0 Å². The Morgan fingerprint density at radius 3 is 3.00 bits per heavy atom. The molecule has 1 saturated heterocycles. The van der Waals surface area contributed by atoms with Crippen molar-refractivity contribution in [3.8, 4) is 0 Å². The summed E-state index contributed by atoms with van der Waals surface area (Å²) in [7, 11) is 0. The number of nitrogens with zero attached hydrogens (tertiary/aromatic N) is 3. The van der Waals surface area contributed by atoms with Crippen molar-refractivity contribution in [3.05, 3.63) is 22.1 Å². The molecular formula is C13H14BrN3O2S. The summed E-state index contributed by atoms with van der Waals surface area (Å²) < 4.78 is 2.28. The van der Waals surface area contributed by atoms with Gasteiger partial charge in [0.15, 0.2) is 0 Å². The van der Waals surface area contributed by atoms with Gasteiger partial charge < -0.3 is 14.9 Å². The highest BCUT2D eigenvalue weighted by Gasteiger charge is 2.20. The highest BCUT2D eigenvalue weighted by atomic mass is 79.9. The Balaban J connectivity index is 1.89. The first-order chi connectivity index (χ1) is 9.65. The van der Waals surface area contributed by atoms with E-state index in [2.05, 4.69) is 31.9 Å². The van der Waals surface area contributed by atoms with Crippen LogP contribution in [0.4, 0.5) is 10.6 Å². The highest BCUT2D eigenvalue weighted by Crippen LogP contribution is 2.34. The number of rotatable bonds is 1. The van der Waals surface area contributed by atoms with E-state index in [0.717, 1.165) is 28.0 Å². The van der Waals surface area contributed by atoms with E-state index in [1.165, 1.54) is 9.60 Å². The molecule has 3 rings (SSSR count). The summed E-state index contributed by atoms with van der Waals surface area (Å²) in [5.41, 5.74) is 0. The molecule has 0 radical (unpaired) electrons. The lowest BCUT2D eigenvalue weighted by Gasteiger charge is -2.22. The van der Waals surface area contributed by atoms with Crippen LogP contribution in [0.15, 0.2) is 22.1 Å². The number of carbonyl (C=O) groups is 1. The van der Waals surface area contributed by atoms with Gasteiger partial charge in [-0.15, -0.1) is 11.3 Å². The number of anilines is 1. The van der Waals surface area contributed by atoms with E-state index in [4.69, 9.17) is 5.11 Å². The quantitative estimate of drug-likeness (QED) is 0.852. The molecule has 0 spiro atoms. The van der Waals surface area contributed by atoms with Gasteiger partial charge in [-0.2, -0.15) is 0 Å². The molecule has 7 heteroatoms. The van der Waals surface area contributed by atoms with E-state index in [1.54, 1.807) is 11.3 Å². The first kappa shape index (κ1) is 13.6. The first-order valence-electron chi connectivity index (χ1n) is 6.42. The number of hydrogen-bond acceptors (Lipinski definition) is 4. The molecule has 0 atom stereocenters. The molecule has 20 heavy (non-hydrogen) atoms. The zero-order valence-electron chi connectivity index (χ0n) is 10.8. The lowest BCUT2D eigenvalue weighted by atomic mass is 10.3. The van der Waals surface area contributed by atoms with Crippen molar-refractivity contribution in [2.45, 2.75) is 6.42 Å². The molecule has 5 nitrogen and oxygen atoms in total. The maximum absolute atomic E-state index is 11.1. The van der Waals surface area contributed by atoms with Gasteiger partial charge in [-0.1, -0.05) is 0 Å². The molecule has 3 heterocycles. The molecule has 0 saturated carbocycles. The van der Waals surface area contributed by atoms with Crippen molar-refractivity contribution in [1.82, 2.24) is 9.88 Å². The Bertz CT molecular complexity index is 646. The summed E-state index contributed by atoms with van der Waals surface area (Å²) in [6, 6.07) is 4.10. The Hall–Kier alpha value is -1.34. The Morgan fingerprint density at radius 2 is 2.20 bits per heavy atom. The number of thiophene rings is 1. The smallest absolute Gasteiger partial charge is 0.407 e. The van der Waals surface area contributed by atoms with Crippen molar-refractivity contribution in [2.24, 2.45) is 0 Å². The predicted octanol–water partition coefficient (Wildman–Crippen LogP) is 3.25. The Morgan fingerprint density at radius 1 is 1.35 bits per heavy atom. The fourth-order valence-electron chi connectivity index (χ4n) is 2.49.